The number of rotatable bonds is 6. The fourth-order valence-corrected chi connectivity index (χ4v) is 2.98. The number of thiazole rings is 1. The molecule has 0 unspecified atom stereocenters. The van der Waals surface area contributed by atoms with E-state index >= 15 is 0 Å². The minimum Gasteiger partial charge on any atom is -0.481 e. The van der Waals surface area contributed by atoms with E-state index in [2.05, 4.69) is 37.6 Å². The predicted molar refractivity (Wildman–Crippen MR) is 93.1 cm³/mol. The maximum atomic E-state index is 11.6. The lowest BCUT2D eigenvalue weighted by atomic mass is 10.1. The van der Waals surface area contributed by atoms with Crippen LogP contribution >= 0.6 is 27.3 Å². The normalized spacial score (nSPS) is 10.3. The number of hydrogen-bond acceptors (Lipinski definition) is 4. The Bertz CT molecular complexity index is 718. The molecule has 0 aliphatic carbocycles. The Kier molecular flexibility index (Phi) is 6.12. The van der Waals surface area contributed by atoms with Gasteiger partial charge in [0.05, 0.1) is 6.42 Å². The number of anilines is 1. The number of carboxylic acid groups (broad SMARTS) is 1. The molecule has 2 amide bonds. The van der Waals surface area contributed by atoms with Crippen LogP contribution in [0.25, 0.3) is 0 Å². The van der Waals surface area contributed by atoms with E-state index in [4.69, 9.17) is 5.11 Å². The lowest BCUT2D eigenvalue weighted by molar-refractivity contribution is -0.136. The van der Waals surface area contributed by atoms with E-state index in [9.17, 15) is 9.59 Å². The van der Waals surface area contributed by atoms with Gasteiger partial charge in [-0.25, -0.2) is 9.78 Å². The molecule has 0 saturated heterocycles. The van der Waals surface area contributed by atoms with Crippen LogP contribution in [0.2, 0.25) is 0 Å². The first-order chi connectivity index (χ1) is 10.9. The summed E-state index contributed by atoms with van der Waals surface area (Å²) in [4.78, 5) is 27.2. The van der Waals surface area contributed by atoms with Crippen molar-refractivity contribution < 1.29 is 14.7 Å². The van der Waals surface area contributed by atoms with Gasteiger partial charge >= 0.3 is 12.0 Å². The summed E-state index contributed by atoms with van der Waals surface area (Å²) in [6.45, 7) is 2.12. The van der Waals surface area contributed by atoms with Gasteiger partial charge in [0.25, 0.3) is 0 Å². The Morgan fingerprint density at radius 2 is 2.17 bits per heavy atom. The van der Waals surface area contributed by atoms with Crippen LogP contribution in [0.5, 0.6) is 0 Å². The molecule has 6 nitrogen and oxygen atoms in total. The molecule has 0 bridgehead atoms. The molecular weight excluding hydrogens is 382 g/mol. The second-order valence-electron chi connectivity index (χ2n) is 4.92. The number of benzene rings is 1. The average Bonchev–Trinajstić information content (AvgIpc) is 2.89. The molecule has 122 valence electrons. The summed E-state index contributed by atoms with van der Waals surface area (Å²) >= 11 is 4.87. The molecule has 1 aromatic heterocycles. The zero-order valence-electron chi connectivity index (χ0n) is 12.4. The lowest BCUT2D eigenvalue weighted by Crippen LogP contribution is -2.30. The van der Waals surface area contributed by atoms with Crippen molar-refractivity contribution in [3.8, 4) is 0 Å². The Balaban J connectivity index is 1.88. The van der Waals surface area contributed by atoms with Crippen molar-refractivity contribution in [2.45, 2.75) is 19.8 Å². The van der Waals surface area contributed by atoms with Crippen molar-refractivity contribution in [1.82, 2.24) is 10.3 Å². The molecular formula is C15H16BrN3O3S. The maximum Gasteiger partial charge on any atom is 0.321 e. The summed E-state index contributed by atoms with van der Waals surface area (Å²) in [5.41, 5.74) is 2.34. The highest BCUT2D eigenvalue weighted by Gasteiger charge is 2.08. The quantitative estimate of drug-likeness (QED) is 0.696. The van der Waals surface area contributed by atoms with Crippen LogP contribution in [-0.4, -0.2) is 28.6 Å². The van der Waals surface area contributed by atoms with Crippen molar-refractivity contribution in [3.05, 3.63) is 44.9 Å². The summed E-state index contributed by atoms with van der Waals surface area (Å²) < 4.78 is 1.07. The highest BCUT2D eigenvalue weighted by atomic mass is 79.9. The van der Waals surface area contributed by atoms with E-state index in [0.29, 0.717) is 5.13 Å². The Morgan fingerprint density at radius 1 is 1.39 bits per heavy atom. The SMILES string of the molecule is Cc1cc(Cc2cnc(NC(=O)NCCC(=O)O)s2)ccc1Br. The number of nitrogens with zero attached hydrogens (tertiary/aromatic N) is 1. The number of halogens is 1. The predicted octanol–water partition coefficient (Wildman–Crippen LogP) is 3.40. The van der Waals surface area contributed by atoms with Gasteiger partial charge in [0, 0.05) is 28.5 Å². The highest BCUT2D eigenvalue weighted by molar-refractivity contribution is 9.10. The topological polar surface area (TPSA) is 91.3 Å². The second kappa shape index (κ2) is 8.07. The number of amides is 2. The molecule has 3 N–H and O–H groups in total. The number of aliphatic carboxylic acids is 1. The first-order valence-electron chi connectivity index (χ1n) is 6.90. The van der Waals surface area contributed by atoms with Crippen LogP contribution < -0.4 is 10.6 Å². The standard InChI is InChI=1S/C15H16BrN3O3S/c1-9-6-10(2-3-12(9)16)7-11-8-18-15(23-11)19-14(22)17-5-4-13(20)21/h2-3,6,8H,4-5,7H2,1H3,(H,20,21)(H2,17,18,19,22). The molecule has 8 heteroatoms. The van der Waals surface area contributed by atoms with Crippen LogP contribution in [0.15, 0.2) is 28.9 Å². The van der Waals surface area contributed by atoms with Gasteiger partial charge in [-0.15, -0.1) is 11.3 Å². The molecule has 23 heavy (non-hydrogen) atoms. The monoisotopic (exact) mass is 397 g/mol. The number of hydrogen-bond donors (Lipinski definition) is 3. The molecule has 0 aliphatic heterocycles. The van der Waals surface area contributed by atoms with Crippen LogP contribution in [-0.2, 0) is 11.2 Å². The number of aryl methyl sites for hydroxylation is 1. The van der Waals surface area contributed by atoms with Gasteiger partial charge < -0.3 is 10.4 Å². The first-order valence-corrected chi connectivity index (χ1v) is 8.51. The molecule has 1 aromatic carbocycles. The molecule has 0 spiro atoms. The van der Waals surface area contributed by atoms with Crippen molar-refractivity contribution >= 4 is 44.4 Å². The van der Waals surface area contributed by atoms with Crippen LogP contribution in [0.3, 0.4) is 0 Å². The summed E-state index contributed by atoms with van der Waals surface area (Å²) in [6.07, 6.45) is 2.36. The van der Waals surface area contributed by atoms with E-state index in [1.807, 2.05) is 19.1 Å². The van der Waals surface area contributed by atoms with Crippen molar-refractivity contribution in [1.29, 1.82) is 0 Å². The Hall–Kier alpha value is -1.93. The first kappa shape index (κ1) is 17.4. The zero-order chi connectivity index (χ0) is 16.8. The molecule has 2 rings (SSSR count). The number of carboxylic acids is 1. The van der Waals surface area contributed by atoms with Gasteiger partial charge in [0.2, 0.25) is 0 Å². The van der Waals surface area contributed by atoms with E-state index in [1.54, 1.807) is 6.20 Å². The van der Waals surface area contributed by atoms with Crippen molar-refractivity contribution in [3.63, 3.8) is 0 Å². The summed E-state index contributed by atoms with van der Waals surface area (Å²) in [7, 11) is 0. The van der Waals surface area contributed by atoms with Crippen LogP contribution in [0, 0.1) is 6.92 Å². The van der Waals surface area contributed by atoms with Gasteiger partial charge in [-0.05, 0) is 24.1 Å². The number of carbonyl (C=O) groups excluding carboxylic acids is 1. The Labute approximate surface area is 146 Å². The van der Waals surface area contributed by atoms with E-state index < -0.39 is 12.0 Å². The number of nitrogens with one attached hydrogen (secondary N) is 2. The third-order valence-electron chi connectivity index (χ3n) is 3.00. The Morgan fingerprint density at radius 3 is 2.87 bits per heavy atom. The minimum absolute atomic E-state index is 0.0809. The summed E-state index contributed by atoms with van der Waals surface area (Å²) in [6, 6.07) is 5.71. The molecule has 0 saturated carbocycles. The van der Waals surface area contributed by atoms with Crippen molar-refractivity contribution in [2.75, 3.05) is 11.9 Å². The summed E-state index contributed by atoms with van der Waals surface area (Å²) in [5.74, 6) is -0.952. The number of urea groups is 1. The van der Waals surface area contributed by atoms with Gasteiger partial charge in [0.1, 0.15) is 0 Å². The van der Waals surface area contributed by atoms with Gasteiger partial charge in [0.15, 0.2) is 5.13 Å². The zero-order valence-corrected chi connectivity index (χ0v) is 14.8. The summed E-state index contributed by atoms with van der Waals surface area (Å²) in [5, 5.41) is 14.1. The van der Waals surface area contributed by atoms with Gasteiger partial charge in [-0.2, -0.15) is 0 Å². The largest absolute Gasteiger partial charge is 0.481 e. The van der Waals surface area contributed by atoms with Crippen molar-refractivity contribution in [2.24, 2.45) is 0 Å². The third kappa shape index (κ3) is 5.65. The van der Waals surface area contributed by atoms with E-state index in [0.717, 1.165) is 15.8 Å². The lowest BCUT2D eigenvalue weighted by Gasteiger charge is -2.03. The van der Waals surface area contributed by atoms with E-state index in [1.165, 1.54) is 22.5 Å². The highest BCUT2D eigenvalue weighted by Crippen LogP contribution is 2.23. The fourth-order valence-electron chi connectivity index (χ4n) is 1.89. The van der Waals surface area contributed by atoms with Crippen LogP contribution in [0.1, 0.15) is 22.4 Å². The van der Waals surface area contributed by atoms with E-state index in [-0.39, 0.29) is 13.0 Å². The average molecular weight is 398 g/mol. The molecule has 2 aromatic rings. The third-order valence-corrected chi connectivity index (χ3v) is 4.80. The maximum absolute atomic E-state index is 11.6. The molecule has 0 radical (unpaired) electrons. The molecule has 0 fully saturated rings. The second-order valence-corrected chi connectivity index (χ2v) is 6.89. The van der Waals surface area contributed by atoms with Gasteiger partial charge in [-0.3, -0.25) is 10.1 Å². The fraction of sp³-hybridized carbons (Fsp3) is 0.267. The molecule has 1 heterocycles. The molecule has 0 aliphatic rings. The van der Waals surface area contributed by atoms with Gasteiger partial charge in [-0.1, -0.05) is 28.1 Å². The minimum atomic E-state index is -0.952. The smallest absolute Gasteiger partial charge is 0.321 e. The van der Waals surface area contributed by atoms with Crippen LogP contribution in [0.4, 0.5) is 9.93 Å². The molecule has 0 atom stereocenters. The number of aromatic nitrogens is 1. The number of carbonyl (C=O) groups is 2.